The number of halogens is 1. The van der Waals surface area contributed by atoms with Gasteiger partial charge in [0.1, 0.15) is 0 Å². The maximum atomic E-state index is 13.3. The van der Waals surface area contributed by atoms with Crippen LogP contribution >= 0.6 is 11.6 Å². The summed E-state index contributed by atoms with van der Waals surface area (Å²) >= 11 is 6.15. The minimum atomic E-state index is -1.98. The molecule has 0 saturated carbocycles. The zero-order chi connectivity index (χ0) is 20.8. The van der Waals surface area contributed by atoms with Crippen LogP contribution in [0.1, 0.15) is 39.3 Å². The third-order valence-corrected chi connectivity index (χ3v) is 5.54. The molecule has 1 aliphatic heterocycles. The van der Waals surface area contributed by atoms with Crippen LogP contribution in [0.3, 0.4) is 0 Å². The third kappa shape index (κ3) is 3.24. The number of Topliss-reactive ketones (excluding diaryl/α,β-unsaturated/α-hetero) is 1. The highest BCUT2D eigenvalue weighted by molar-refractivity contribution is 6.31. The Kier molecular flexibility index (Phi) is 4.76. The number of anilines is 1. The van der Waals surface area contributed by atoms with Crippen LogP contribution < -0.4 is 4.90 Å². The minimum Gasteiger partial charge on any atom is -0.375 e. The predicted molar refractivity (Wildman–Crippen MR) is 110 cm³/mol. The summed E-state index contributed by atoms with van der Waals surface area (Å²) in [4.78, 5) is 27.8. The highest BCUT2D eigenvalue weighted by Crippen LogP contribution is 2.44. The SMILES string of the molecule is Cc1n[nH]c(C)c1C(=O)CC1(O)C(=O)N(Cc2ccccc2)c2ccc(Cl)cc21. The van der Waals surface area contributed by atoms with Gasteiger partial charge in [0.15, 0.2) is 11.4 Å². The highest BCUT2D eigenvalue weighted by Gasteiger charge is 2.51. The molecule has 29 heavy (non-hydrogen) atoms. The molecule has 0 saturated heterocycles. The van der Waals surface area contributed by atoms with Crippen LogP contribution in [-0.2, 0) is 16.9 Å². The molecule has 0 bridgehead atoms. The molecule has 1 unspecified atom stereocenters. The molecule has 148 valence electrons. The van der Waals surface area contributed by atoms with Gasteiger partial charge < -0.3 is 10.0 Å². The lowest BCUT2D eigenvalue weighted by molar-refractivity contribution is -0.136. The Labute approximate surface area is 173 Å². The third-order valence-electron chi connectivity index (χ3n) is 5.30. The number of aromatic nitrogens is 2. The summed E-state index contributed by atoms with van der Waals surface area (Å²) in [5.41, 5.74) is 1.37. The van der Waals surface area contributed by atoms with Gasteiger partial charge in [0.25, 0.3) is 5.91 Å². The van der Waals surface area contributed by atoms with Crippen LogP contribution in [0.5, 0.6) is 0 Å². The van der Waals surface area contributed by atoms with Crippen LogP contribution in [0.25, 0.3) is 0 Å². The molecule has 1 aromatic heterocycles. The number of nitrogens with zero attached hydrogens (tertiary/aromatic N) is 2. The lowest BCUT2D eigenvalue weighted by Crippen LogP contribution is -2.41. The zero-order valence-corrected chi connectivity index (χ0v) is 16.8. The number of rotatable bonds is 5. The number of ketones is 1. The maximum Gasteiger partial charge on any atom is 0.264 e. The van der Waals surface area contributed by atoms with E-state index < -0.39 is 11.5 Å². The van der Waals surface area contributed by atoms with Gasteiger partial charge >= 0.3 is 0 Å². The minimum absolute atomic E-state index is 0.286. The fourth-order valence-electron chi connectivity index (χ4n) is 3.90. The number of aryl methyl sites for hydroxylation is 2. The summed E-state index contributed by atoms with van der Waals surface area (Å²) in [6, 6.07) is 14.4. The lowest BCUT2D eigenvalue weighted by Gasteiger charge is -2.23. The monoisotopic (exact) mass is 409 g/mol. The number of amides is 1. The Bertz CT molecular complexity index is 1090. The molecule has 2 heterocycles. The van der Waals surface area contributed by atoms with Crippen LogP contribution in [0.2, 0.25) is 5.02 Å². The van der Waals surface area contributed by atoms with E-state index in [2.05, 4.69) is 10.2 Å². The van der Waals surface area contributed by atoms with E-state index in [1.807, 2.05) is 30.3 Å². The predicted octanol–water partition coefficient (Wildman–Crippen LogP) is 3.69. The Morgan fingerprint density at radius 1 is 1.21 bits per heavy atom. The standard InChI is InChI=1S/C22H20ClN3O3/c1-13-20(14(2)25-24-13)19(27)11-22(29)17-10-16(23)8-9-18(17)26(21(22)28)12-15-6-4-3-5-7-15/h3-10,29H,11-12H2,1-2H3,(H,24,25). The van der Waals surface area contributed by atoms with Gasteiger partial charge in [-0.1, -0.05) is 41.9 Å². The smallest absolute Gasteiger partial charge is 0.264 e. The van der Waals surface area contributed by atoms with Crippen molar-refractivity contribution in [2.24, 2.45) is 0 Å². The maximum absolute atomic E-state index is 13.3. The molecule has 0 radical (unpaired) electrons. The second-order valence-electron chi connectivity index (χ2n) is 7.31. The normalized spacial score (nSPS) is 18.2. The van der Waals surface area contributed by atoms with E-state index in [-0.39, 0.29) is 18.7 Å². The number of benzene rings is 2. The van der Waals surface area contributed by atoms with Crippen LogP contribution in [0.4, 0.5) is 5.69 Å². The summed E-state index contributed by atoms with van der Waals surface area (Å²) in [6.07, 6.45) is -0.383. The van der Waals surface area contributed by atoms with Gasteiger partial charge in [0, 0.05) is 16.3 Å². The van der Waals surface area contributed by atoms with Crippen molar-refractivity contribution in [1.29, 1.82) is 0 Å². The average molecular weight is 410 g/mol. The van der Waals surface area contributed by atoms with Crippen LogP contribution in [0.15, 0.2) is 48.5 Å². The molecule has 6 nitrogen and oxygen atoms in total. The largest absolute Gasteiger partial charge is 0.375 e. The molecule has 1 amide bonds. The summed E-state index contributed by atoms with van der Waals surface area (Å²) in [5, 5.41) is 18.6. The van der Waals surface area contributed by atoms with Gasteiger partial charge in [-0.05, 0) is 37.6 Å². The molecule has 0 spiro atoms. The Morgan fingerprint density at radius 2 is 1.93 bits per heavy atom. The molecule has 0 fully saturated rings. The van der Waals surface area contributed by atoms with Crippen molar-refractivity contribution >= 4 is 29.0 Å². The summed E-state index contributed by atoms with van der Waals surface area (Å²) in [6.45, 7) is 3.73. The molecule has 3 aromatic rings. The molecule has 0 aliphatic carbocycles. The van der Waals surface area contributed by atoms with Crippen molar-refractivity contribution < 1.29 is 14.7 Å². The van der Waals surface area contributed by atoms with Crippen molar-refractivity contribution in [2.45, 2.75) is 32.4 Å². The topological polar surface area (TPSA) is 86.3 Å². The average Bonchev–Trinajstić information content (AvgIpc) is 3.13. The quantitative estimate of drug-likeness (QED) is 0.629. The number of carbonyl (C=O) groups is 2. The summed E-state index contributed by atoms with van der Waals surface area (Å²) in [5.74, 6) is -0.886. The van der Waals surface area contributed by atoms with Gasteiger partial charge in [-0.25, -0.2) is 0 Å². The van der Waals surface area contributed by atoms with E-state index in [4.69, 9.17) is 11.6 Å². The first kappa shape index (κ1) is 19.4. The molecule has 2 N–H and O–H groups in total. The highest BCUT2D eigenvalue weighted by atomic mass is 35.5. The molecular formula is C22H20ClN3O3. The summed E-state index contributed by atoms with van der Waals surface area (Å²) in [7, 11) is 0. The fourth-order valence-corrected chi connectivity index (χ4v) is 4.07. The fraction of sp³-hybridized carbons (Fsp3) is 0.227. The van der Waals surface area contributed by atoms with Gasteiger partial charge in [-0.3, -0.25) is 14.7 Å². The molecular weight excluding hydrogens is 390 g/mol. The van der Waals surface area contributed by atoms with E-state index in [1.54, 1.807) is 32.0 Å². The molecule has 7 heteroatoms. The van der Waals surface area contributed by atoms with Crippen molar-refractivity contribution in [3.8, 4) is 0 Å². The Balaban J connectivity index is 1.74. The van der Waals surface area contributed by atoms with E-state index in [0.29, 0.717) is 33.2 Å². The van der Waals surface area contributed by atoms with Gasteiger partial charge in [-0.15, -0.1) is 0 Å². The van der Waals surface area contributed by atoms with Crippen LogP contribution in [-0.4, -0.2) is 27.0 Å². The number of carbonyl (C=O) groups excluding carboxylic acids is 2. The molecule has 2 aromatic carbocycles. The van der Waals surface area contributed by atoms with E-state index in [1.165, 1.54) is 4.90 Å². The molecule has 1 atom stereocenters. The van der Waals surface area contributed by atoms with Crippen molar-refractivity contribution in [3.05, 3.63) is 81.6 Å². The van der Waals surface area contributed by atoms with Gasteiger partial charge in [-0.2, -0.15) is 5.10 Å². The second-order valence-corrected chi connectivity index (χ2v) is 7.74. The number of H-pyrrole nitrogens is 1. The van der Waals surface area contributed by atoms with E-state index in [0.717, 1.165) is 5.56 Å². The first-order valence-electron chi connectivity index (χ1n) is 9.24. The van der Waals surface area contributed by atoms with Gasteiger partial charge in [0.2, 0.25) is 0 Å². The first-order chi connectivity index (χ1) is 13.8. The van der Waals surface area contributed by atoms with Gasteiger partial charge in [0.05, 0.1) is 29.9 Å². The number of aliphatic hydroxyl groups is 1. The number of hydrogen-bond donors (Lipinski definition) is 2. The second kappa shape index (κ2) is 7.13. The lowest BCUT2D eigenvalue weighted by atomic mass is 9.87. The van der Waals surface area contributed by atoms with E-state index in [9.17, 15) is 14.7 Å². The Morgan fingerprint density at radius 3 is 2.59 bits per heavy atom. The van der Waals surface area contributed by atoms with Crippen LogP contribution in [0, 0.1) is 13.8 Å². The molecule has 1 aliphatic rings. The number of aromatic amines is 1. The number of hydrogen-bond acceptors (Lipinski definition) is 4. The number of nitrogens with one attached hydrogen (secondary N) is 1. The van der Waals surface area contributed by atoms with Crippen molar-refractivity contribution in [2.75, 3.05) is 4.90 Å². The Hall–Kier alpha value is -2.96. The summed E-state index contributed by atoms with van der Waals surface area (Å²) < 4.78 is 0. The van der Waals surface area contributed by atoms with E-state index >= 15 is 0 Å². The zero-order valence-electron chi connectivity index (χ0n) is 16.1. The number of fused-ring (bicyclic) bond motifs is 1. The van der Waals surface area contributed by atoms with Crippen molar-refractivity contribution in [1.82, 2.24) is 10.2 Å². The molecule has 4 rings (SSSR count). The first-order valence-corrected chi connectivity index (χ1v) is 9.62. The van der Waals surface area contributed by atoms with Crippen molar-refractivity contribution in [3.63, 3.8) is 0 Å².